The zero-order chi connectivity index (χ0) is 11.4. The first-order chi connectivity index (χ1) is 7.04. The first-order valence-electron chi connectivity index (χ1n) is 4.91. The van der Waals surface area contributed by atoms with Crippen molar-refractivity contribution >= 4 is 17.4 Å². The summed E-state index contributed by atoms with van der Waals surface area (Å²) in [4.78, 5) is 7.94. The Kier molecular flexibility index (Phi) is 4.29. The molecule has 0 radical (unpaired) electrons. The number of aromatic nitrogens is 2. The largest absolute Gasteiger partial charge is 0.394 e. The van der Waals surface area contributed by atoms with E-state index in [1.54, 1.807) is 6.20 Å². The van der Waals surface area contributed by atoms with Crippen LogP contribution in [0.25, 0.3) is 0 Å². The lowest BCUT2D eigenvalue weighted by molar-refractivity contribution is 0.249. The van der Waals surface area contributed by atoms with Crippen molar-refractivity contribution in [2.75, 3.05) is 11.9 Å². The third-order valence-corrected chi connectivity index (χ3v) is 2.45. The Hall–Kier alpha value is -0.870. The maximum Gasteiger partial charge on any atom is 0.224 e. The summed E-state index contributed by atoms with van der Waals surface area (Å²) in [6, 6.07) is -0.0188. The van der Waals surface area contributed by atoms with Gasteiger partial charge in [-0.05, 0) is 24.4 Å². The van der Waals surface area contributed by atoms with Crippen molar-refractivity contribution in [2.24, 2.45) is 5.92 Å². The van der Waals surface area contributed by atoms with E-state index in [1.165, 1.54) is 0 Å². The molecule has 0 fully saturated rings. The highest BCUT2D eigenvalue weighted by Gasteiger charge is 2.13. The molecule has 0 unspecified atom stereocenters. The van der Waals surface area contributed by atoms with E-state index in [0.717, 1.165) is 5.56 Å². The topological polar surface area (TPSA) is 58.0 Å². The summed E-state index contributed by atoms with van der Waals surface area (Å²) >= 11 is 5.70. The molecule has 15 heavy (non-hydrogen) atoms. The minimum atomic E-state index is -0.0188. The van der Waals surface area contributed by atoms with Crippen LogP contribution in [-0.2, 0) is 0 Å². The van der Waals surface area contributed by atoms with Gasteiger partial charge in [0.25, 0.3) is 0 Å². The summed E-state index contributed by atoms with van der Waals surface area (Å²) in [5.41, 5.74) is 0.915. The second kappa shape index (κ2) is 5.28. The van der Waals surface area contributed by atoms with E-state index in [0.29, 0.717) is 11.7 Å². The molecule has 1 aromatic heterocycles. The monoisotopic (exact) mass is 229 g/mol. The number of halogens is 1. The van der Waals surface area contributed by atoms with Crippen molar-refractivity contribution in [1.29, 1.82) is 0 Å². The molecular formula is C10H16ClN3O. The lowest BCUT2D eigenvalue weighted by atomic mass is 10.1. The second-order valence-corrected chi connectivity index (χ2v) is 4.19. The van der Waals surface area contributed by atoms with Gasteiger partial charge in [0.1, 0.15) is 5.82 Å². The van der Waals surface area contributed by atoms with Gasteiger partial charge in [0.05, 0.1) is 12.6 Å². The van der Waals surface area contributed by atoms with Crippen LogP contribution in [0.3, 0.4) is 0 Å². The van der Waals surface area contributed by atoms with Gasteiger partial charge in [-0.15, -0.1) is 0 Å². The average molecular weight is 230 g/mol. The molecule has 0 aliphatic carbocycles. The second-order valence-electron chi connectivity index (χ2n) is 3.85. The molecular weight excluding hydrogens is 214 g/mol. The van der Waals surface area contributed by atoms with Gasteiger partial charge >= 0.3 is 0 Å². The molecule has 1 atom stereocenters. The van der Waals surface area contributed by atoms with Gasteiger partial charge in [0.2, 0.25) is 5.28 Å². The molecule has 1 rings (SSSR count). The molecule has 0 bridgehead atoms. The van der Waals surface area contributed by atoms with Crippen LogP contribution in [-0.4, -0.2) is 27.7 Å². The minimum absolute atomic E-state index is 0.0188. The summed E-state index contributed by atoms with van der Waals surface area (Å²) in [5, 5.41) is 12.5. The molecule has 5 heteroatoms. The van der Waals surface area contributed by atoms with Gasteiger partial charge in [-0.1, -0.05) is 13.8 Å². The van der Waals surface area contributed by atoms with Crippen molar-refractivity contribution in [3.63, 3.8) is 0 Å². The van der Waals surface area contributed by atoms with E-state index in [4.69, 9.17) is 11.6 Å². The minimum Gasteiger partial charge on any atom is -0.394 e. The molecule has 0 amide bonds. The van der Waals surface area contributed by atoms with Crippen LogP contribution in [0.2, 0.25) is 5.28 Å². The zero-order valence-corrected chi connectivity index (χ0v) is 9.91. The fraction of sp³-hybridized carbons (Fsp3) is 0.600. The first kappa shape index (κ1) is 12.2. The summed E-state index contributed by atoms with van der Waals surface area (Å²) in [6.45, 7) is 6.03. The van der Waals surface area contributed by atoms with Crippen LogP contribution < -0.4 is 5.32 Å². The van der Waals surface area contributed by atoms with E-state index in [9.17, 15) is 5.11 Å². The molecule has 0 saturated carbocycles. The fourth-order valence-corrected chi connectivity index (χ4v) is 1.30. The van der Waals surface area contributed by atoms with Crippen molar-refractivity contribution in [3.05, 3.63) is 17.0 Å². The highest BCUT2D eigenvalue weighted by Crippen LogP contribution is 2.16. The van der Waals surface area contributed by atoms with Crippen LogP contribution >= 0.6 is 11.6 Å². The predicted molar refractivity (Wildman–Crippen MR) is 61.1 cm³/mol. The van der Waals surface area contributed by atoms with E-state index >= 15 is 0 Å². The van der Waals surface area contributed by atoms with Gasteiger partial charge in [-0.2, -0.15) is 0 Å². The lowest BCUT2D eigenvalue weighted by Crippen LogP contribution is -2.30. The molecule has 0 saturated heterocycles. The molecule has 2 N–H and O–H groups in total. The number of aryl methyl sites for hydroxylation is 1. The van der Waals surface area contributed by atoms with Crippen LogP contribution in [0, 0.1) is 12.8 Å². The van der Waals surface area contributed by atoms with Gasteiger partial charge < -0.3 is 10.4 Å². The molecule has 0 spiro atoms. The van der Waals surface area contributed by atoms with Crippen LogP contribution in [0.15, 0.2) is 6.20 Å². The Morgan fingerprint density at radius 3 is 2.73 bits per heavy atom. The SMILES string of the molecule is Cc1cnc(Cl)nc1N[C@@H](CO)C(C)C. The molecule has 0 aromatic carbocycles. The van der Waals surface area contributed by atoms with Crippen molar-refractivity contribution < 1.29 is 5.11 Å². The average Bonchev–Trinajstić information content (AvgIpc) is 2.18. The Balaban J connectivity index is 2.82. The highest BCUT2D eigenvalue weighted by molar-refractivity contribution is 6.28. The molecule has 84 valence electrons. The number of aliphatic hydroxyl groups is 1. The van der Waals surface area contributed by atoms with Crippen molar-refractivity contribution in [1.82, 2.24) is 9.97 Å². The van der Waals surface area contributed by atoms with E-state index in [2.05, 4.69) is 15.3 Å². The van der Waals surface area contributed by atoms with E-state index < -0.39 is 0 Å². The number of hydrogen-bond acceptors (Lipinski definition) is 4. The number of anilines is 1. The smallest absolute Gasteiger partial charge is 0.224 e. The first-order valence-corrected chi connectivity index (χ1v) is 5.29. The van der Waals surface area contributed by atoms with Crippen LogP contribution in [0.4, 0.5) is 5.82 Å². The molecule has 4 nitrogen and oxygen atoms in total. The summed E-state index contributed by atoms with van der Waals surface area (Å²) in [7, 11) is 0. The highest BCUT2D eigenvalue weighted by atomic mass is 35.5. The third-order valence-electron chi connectivity index (χ3n) is 2.27. The molecule has 1 heterocycles. The van der Waals surface area contributed by atoms with Crippen molar-refractivity contribution in [2.45, 2.75) is 26.8 Å². The Morgan fingerprint density at radius 1 is 1.53 bits per heavy atom. The standard InChI is InChI=1S/C10H16ClN3O/c1-6(2)8(5-15)13-9-7(3)4-12-10(11)14-9/h4,6,8,15H,5H2,1-3H3,(H,12,13,14)/t8-/m0/s1. The Morgan fingerprint density at radius 2 is 2.20 bits per heavy atom. The van der Waals surface area contributed by atoms with Gasteiger partial charge in [-0.25, -0.2) is 9.97 Å². The van der Waals surface area contributed by atoms with E-state index in [1.807, 2.05) is 20.8 Å². The summed E-state index contributed by atoms with van der Waals surface area (Å²) in [6.07, 6.45) is 1.66. The zero-order valence-electron chi connectivity index (χ0n) is 9.16. The number of nitrogens with zero attached hydrogens (tertiary/aromatic N) is 2. The number of hydrogen-bond donors (Lipinski definition) is 2. The molecule has 0 aliphatic heterocycles. The molecule has 1 aromatic rings. The van der Waals surface area contributed by atoms with Gasteiger partial charge in [-0.3, -0.25) is 0 Å². The lowest BCUT2D eigenvalue weighted by Gasteiger charge is -2.21. The van der Waals surface area contributed by atoms with E-state index in [-0.39, 0.29) is 17.9 Å². The summed E-state index contributed by atoms with van der Waals surface area (Å²) < 4.78 is 0. The van der Waals surface area contributed by atoms with Gasteiger partial charge in [0.15, 0.2) is 0 Å². The Labute approximate surface area is 94.7 Å². The van der Waals surface area contributed by atoms with Crippen LogP contribution in [0.1, 0.15) is 19.4 Å². The Bertz CT molecular complexity index is 330. The third kappa shape index (κ3) is 3.32. The fourth-order valence-electron chi connectivity index (χ4n) is 1.17. The van der Waals surface area contributed by atoms with Crippen LogP contribution in [0.5, 0.6) is 0 Å². The maximum absolute atomic E-state index is 9.18. The quantitative estimate of drug-likeness (QED) is 0.774. The summed E-state index contributed by atoms with van der Waals surface area (Å²) in [5.74, 6) is 1.01. The normalized spacial score (nSPS) is 12.9. The van der Waals surface area contributed by atoms with Crippen molar-refractivity contribution in [3.8, 4) is 0 Å². The number of aliphatic hydroxyl groups excluding tert-OH is 1. The number of nitrogens with one attached hydrogen (secondary N) is 1. The van der Waals surface area contributed by atoms with Gasteiger partial charge in [0, 0.05) is 11.8 Å². The number of rotatable bonds is 4. The molecule has 0 aliphatic rings. The predicted octanol–water partition coefficient (Wildman–Crippen LogP) is 1.87. The maximum atomic E-state index is 9.18.